The first kappa shape index (κ1) is 15.2. The Balaban J connectivity index is 1.70. The molecule has 22 heavy (non-hydrogen) atoms. The van der Waals surface area contributed by atoms with E-state index in [2.05, 4.69) is 17.0 Å². The van der Waals surface area contributed by atoms with Crippen molar-refractivity contribution < 1.29 is 9.47 Å². The van der Waals surface area contributed by atoms with Gasteiger partial charge in [0.1, 0.15) is 5.75 Å². The normalized spacial score (nSPS) is 21.3. The molecule has 0 bridgehead atoms. The molecule has 2 aliphatic rings. The summed E-state index contributed by atoms with van der Waals surface area (Å²) in [4.78, 5) is 6.81. The van der Waals surface area contributed by atoms with Crippen LogP contribution in [-0.4, -0.2) is 50.8 Å². The predicted molar refractivity (Wildman–Crippen MR) is 87.4 cm³/mol. The van der Waals surface area contributed by atoms with Gasteiger partial charge in [-0.2, -0.15) is 0 Å². The highest BCUT2D eigenvalue weighted by Crippen LogP contribution is 2.44. The number of hydrogen-bond donors (Lipinski definition) is 1. The highest BCUT2D eigenvalue weighted by molar-refractivity contribution is 5.78. The Morgan fingerprint density at radius 3 is 2.50 bits per heavy atom. The number of benzene rings is 1. The van der Waals surface area contributed by atoms with Gasteiger partial charge in [0.05, 0.1) is 26.9 Å². The number of nitrogens with zero attached hydrogens (tertiary/aromatic N) is 2. The Kier molecular flexibility index (Phi) is 4.52. The Bertz CT molecular complexity index is 517. The van der Waals surface area contributed by atoms with Crippen LogP contribution in [-0.2, 0) is 10.2 Å². The lowest BCUT2D eigenvalue weighted by atomic mass is 9.64. The molecular formula is C17H25N3O2. The second-order valence-corrected chi connectivity index (χ2v) is 6.14. The zero-order valence-electron chi connectivity index (χ0n) is 13.3. The summed E-state index contributed by atoms with van der Waals surface area (Å²) in [6.45, 7) is 3.91. The maximum Gasteiger partial charge on any atom is 0.191 e. The average Bonchev–Trinajstić information content (AvgIpc) is 2.55. The Hall–Kier alpha value is -1.75. The second-order valence-electron chi connectivity index (χ2n) is 6.14. The first-order chi connectivity index (χ1) is 10.7. The Morgan fingerprint density at radius 2 is 1.95 bits per heavy atom. The van der Waals surface area contributed by atoms with E-state index < -0.39 is 0 Å². The highest BCUT2D eigenvalue weighted by Gasteiger charge is 2.38. The van der Waals surface area contributed by atoms with Crippen molar-refractivity contribution in [3.63, 3.8) is 0 Å². The molecule has 0 radical (unpaired) electrons. The highest BCUT2D eigenvalue weighted by atomic mass is 16.5. The zero-order valence-corrected chi connectivity index (χ0v) is 13.3. The number of morpholine rings is 1. The van der Waals surface area contributed by atoms with Crippen LogP contribution in [0.5, 0.6) is 5.75 Å². The quantitative estimate of drug-likeness (QED) is 0.680. The molecule has 1 aliphatic carbocycles. The van der Waals surface area contributed by atoms with Gasteiger partial charge in [0.2, 0.25) is 0 Å². The van der Waals surface area contributed by atoms with Gasteiger partial charge in [-0.25, -0.2) is 0 Å². The van der Waals surface area contributed by atoms with Crippen LogP contribution >= 0.6 is 0 Å². The predicted octanol–water partition coefficient (Wildman–Crippen LogP) is 1.76. The SMILES string of the molecule is COc1ccc(C2(CN=C(N)N3CCOCC3)CCC2)cc1. The van der Waals surface area contributed by atoms with Crippen LogP contribution in [0.25, 0.3) is 0 Å². The Labute approximate surface area is 132 Å². The summed E-state index contributed by atoms with van der Waals surface area (Å²) in [5, 5.41) is 0. The third-order valence-corrected chi connectivity index (χ3v) is 4.89. The van der Waals surface area contributed by atoms with Crippen molar-refractivity contribution in [3.8, 4) is 5.75 Å². The van der Waals surface area contributed by atoms with Crippen molar-refractivity contribution in [1.29, 1.82) is 0 Å². The fourth-order valence-electron chi connectivity index (χ4n) is 3.21. The number of guanidine groups is 1. The molecule has 1 aromatic carbocycles. The van der Waals surface area contributed by atoms with Crippen LogP contribution in [0.15, 0.2) is 29.3 Å². The van der Waals surface area contributed by atoms with Crippen LogP contribution in [0.2, 0.25) is 0 Å². The summed E-state index contributed by atoms with van der Waals surface area (Å²) in [5.74, 6) is 1.55. The van der Waals surface area contributed by atoms with Gasteiger partial charge in [-0.1, -0.05) is 18.6 Å². The third-order valence-electron chi connectivity index (χ3n) is 4.89. The zero-order chi connectivity index (χ0) is 15.4. The summed E-state index contributed by atoms with van der Waals surface area (Å²) in [7, 11) is 1.70. The van der Waals surface area contributed by atoms with E-state index in [1.807, 2.05) is 12.1 Å². The van der Waals surface area contributed by atoms with E-state index in [4.69, 9.17) is 20.2 Å². The first-order valence-electron chi connectivity index (χ1n) is 8.01. The molecule has 1 aliphatic heterocycles. The molecule has 0 spiro atoms. The van der Waals surface area contributed by atoms with Gasteiger partial charge in [-0.05, 0) is 30.5 Å². The van der Waals surface area contributed by atoms with E-state index in [-0.39, 0.29) is 5.41 Å². The maximum atomic E-state index is 6.16. The molecule has 1 heterocycles. The van der Waals surface area contributed by atoms with E-state index in [0.29, 0.717) is 5.96 Å². The topological polar surface area (TPSA) is 60.1 Å². The summed E-state index contributed by atoms with van der Waals surface area (Å²) in [5.41, 5.74) is 7.66. The van der Waals surface area contributed by atoms with Gasteiger partial charge >= 0.3 is 0 Å². The molecule has 0 amide bonds. The van der Waals surface area contributed by atoms with Crippen LogP contribution in [0.4, 0.5) is 0 Å². The molecule has 5 heteroatoms. The number of nitrogens with two attached hydrogens (primary N) is 1. The van der Waals surface area contributed by atoms with E-state index in [0.717, 1.165) is 38.6 Å². The monoisotopic (exact) mass is 303 g/mol. The minimum absolute atomic E-state index is 0.156. The molecule has 5 nitrogen and oxygen atoms in total. The van der Waals surface area contributed by atoms with Crippen LogP contribution in [0, 0.1) is 0 Å². The number of hydrogen-bond acceptors (Lipinski definition) is 3. The van der Waals surface area contributed by atoms with Gasteiger partial charge in [-0.3, -0.25) is 4.99 Å². The van der Waals surface area contributed by atoms with Gasteiger partial charge in [0.25, 0.3) is 0 Å². The van der Waals surface area contributed by atoms with E-state index >= 15 is 0 Å². The molecule has 1 saturated heterocycles. The number of rotatable bonds is 4. The van der Waals surface area contributed by atoms with E-state index in [1.54, 1.807) is 7.11 Å². The lowest BCUT2D eigenvalue weighted by molar-refractivity contribution is 0.0673. The number of aliphatic imine (C=N–C) groups is 1. The minimum atomic E-state index is 0.156. The van der Waals surface area contributed by atoms with Gasteiger partial charge in [0, 0.05) is 18.5 Å². The standard InChI is InChI=1S/C17H25N3O2/c1-21-15-5-3-14(4-6-15)17(7-2-8-17)13-19-16(18)20-9-11-22-12-10-20/h3-6H,2,7-13H2,1H3,(H2,18,19). The van der Waals surface area contributed by atoms with Crippen LogP contribution < -0.4 is 10.5 Å². The van der Waals surface area contributed by atoms with Gasteiger partial charge < -0.3 is 20.1 Å². The largest absolute Gasteiger partial charge is 0.497 e. The first-order valence-corrected chi connectivity index (χ1v) is 8.01. The number of methoxy groups -OCH3 is 1. The van der Waals surface area contributed by atoms with Crippen LogP contribution in [0.1, 0.15) is 24.8 Å². The van der Waals surface area contributed by atoms with Gasteiger partial charge in [0.15, 0.2) is 5.96 Å². The van der Waals surface area contributed by atoms with Crippen molar-refractivity contribution in [2.24, 2.45) is 10.7 Å². The molecule has 3 rings (SSSR count). The van der Waals surface area contributed by atoms with Crippen molar-refractivity contribution in [2.75, 3.05) is 40.0 Å². The molecule has 2 N–H and O–H groups in total. The average molecular weight is 303 g/mol. The fourth-order valence-corrected chi connectivity index (χ4v) is 3.21. The number of ether oxygens (including phenoxy) is 2. The molecular weight excluding hydrogens is 278 g/mol. The molecule has 1 saturated carbocycles. The molecule has 0 atom stereocenters. The van der Waals surface area contributed by atoms with E-state index in [9.17, 15) is 0 Å². The second kappa shape index (κ2) is 6.57. The molecule has 2 fully saturated rings. The molecule has 0 aromatic heterocycles. The minimum Gasteiger partial charge on any atom is -0.497 e. The van der Waals surface area contributed by atoms with Crippen molar-refractivity contribution in [2.45, 2.75) is 24.7 Å². The van der Waals surface area contributed by atoms with Crippen molar-refractivity contribution >= 4 is 5.96 Å². The smallest absolute Gasteiger partial charge is 0.191 e. The van der Waals surface area contributed by atoms with Crippen molar-refractivity contribution in [3.05, 3.63) is 29.8 Å². The molecule has 120 valence electrons. The fraction of sp³-hybridized carbons (Fsp3) is 0.588. The molecule has 0 unspecified atom stereocenters. The van der Waals surface area contributed by atoms with Crippen molar-refractivity contribution in [1.82, 2.24) is 4.90 Å². The van der Waals surface area contributed by atoms with E-state index in [1.165, 1.54) is 24.8 Å². The Morgan fingerprint density at radius 1 is 1.27 bits per heavy atom. The summed E-state index contributed by atoms with van der Waals surface area (Å²) in [6.07, 6.45) is 3.62. The summed E-state index contributed by atoms with van der Waals surface area (Å²) < 4.78 is 10.6. The van der Waals surface area contributed by atoms with Gasteiger partial charge in [-0.15, -0.1) is 0 Å². The summed E-state index contributed by atoms with van der Waals surface area (Å²) >= 11 is 0. The lowest BCUT2D eigenvalue weighted by Crippen LogP contribution is -2.46. The van der Waals surface area contributed by atoms with Crippen LogP contribution in [0.3, 0.4) is 0 Å². The maximum absolute atomic E-state index is 6.16. The molecule has 1 aromatic rings. The third kappa shape index (κ3) is 3.04. The lowest BCUT2D eigenvalue weighted by Gasteiger charge is -2.41. The summed E-state index contributed by atoms with van der Waals surface area (Å²) in [6, 6.07) is 8.39.